The molecular weight excluding hydrogens is 863 g/mol. The average Bonchev–Trinajstić information content (AvgIpc) is 4.06. The van der Waals surface area contributed by atoms with Crippen molar-refractivity contribution in [2.24, 2.45) is 10.8 Å². The summed E-state index contributed by atoms with van der Waals surface area (Å²) >= 11 is -3.97. The summed E-state index contributed by atoms with van der Waals surface area (Å²) in [5.74, 6) is 0. The van der Waals surface area contributed by atoms with E-state index in [-0.39, 0.29) is 24.8 Å². The van der Waals surface area contributed by atoms with Crippen molar-refractivity contribution in [2.75, 3.05) is 0 Å². The quantitative estimate of drug-likeness (QED) is 0.120. The van der Waals surface area contributed by atoms with Crippen molar-refractivity contribution >= 4 is 65.4 Å². The first-order valence-corrected chi connectivity index (χ1v) is 36.5. The predicted octanol–water partition coefficient (Wildman–Crippen LogP) is 16.8. The topological polar surface area (TPSA) is 0 Å². The van der Waals surface area contributed by atoms with Crippen molar-refractivity contribution in [3.8, 4) is 22.3 Å². The zero-order valence-corrected chi connectivity index (χ0v) is 41.9. The molecule has 4 aliphatic rings. The second kappa shape index (κ2) is 16.6. The Hall–Kier alpha value is -3.00. The summed E-state index contributed by atoms with van der Waals surface area (Å²) in [6.07, 6.45) is 21.8. The molecule has 2 unspecified atom stereocenters. The first kappa shape index (κ1) is 43.6. The molecule has 2 fully saturated rings. The molecule has 6 aromatic carbocycles. The van der Waals surface area contributed by atoms with Gasteiger partial charge in [0.1, 0.15) is 0 Å². The molecule has 0 heterocycles. The van der Waals surface area contributed by atoms with Gasteiger partial charge < -0.3 is 0 Å². The molecule has 2 saturated carbocycles. The molecule has 0 bridgehead atoms. The molecule has 0 aromatic heterocycles. The molecule has 0 nitrogen and oxygen atoms in total. The summed E-state index contributed by atoms with van der Waals surface area (Å²) in [4.78, 5) is 0. The van der Waals surface area contributed by atoms with Crippen LogP contribution >= 0.6 is 24.8 Å². The van der Waals surface area contributed by atoms with Crippen LogP contribution in [0.4, 0.5) is 0 Å². The van der Waals surface area contributed by atoms with Crippen molar-refractivity contribution in [1.29, 1.82) is 0 Å². The Morgan fingerprint density at radius 1 is 0.500 bits per heavy atom. The number of fused-ring (bicyclic) bond motifs is 4. The van der Waals surface area contributed by atoms with Gasteiger partial charge in [-0.25, -0.2) is 0 Å². The third kappa shape index (κ3) is 7.42. The third-order valence-electron chi connectivity index (χ3n) is 16.3. The van der Waals surface area contributed by atoms with Crippen LogP contribution in [-0.4, -0.2) is 6.88 Å². The van der Waals surface area contributed by atoms with Crippen LogP contribution in [-0.2, 0) is 17.4 Å². The molecule has 10 rings (SSSR count). The number of allylic oxidation sites excluding steroid dienone is 2. The summed E-state index contributed by atoms with van der Waals surface area (Å²) in [5, 5.41) is 5.30. The molecule has 0 N–H and O–H groups in total. The van der Waals surface area contributed by atoms with Crippen LogP contribution in [0.1, 0.15) is 120 Å². The molecule has 0 saturated heterocycles. The Bertz CT molecular complexity index is 2540. The SMILES string of the molecule is CCC1(CC2=Cc3c(-c4ccc5ccccc5c4)cccc3[CH]2[Zr]([CH3])([CH3])(=[SiH2])[CH]2C(CC3(CC)CCCC3)=Cc3c(-c4ccc5ccccc5c4)cccc32)CCCC1.Cl.Cl. The Morgan fingerprint density at radius 2 is 0.883 bits per heavy atom. The van der Waals surface area contributed by atoms with Crippen LogP contribution in [0, 0.1) is 10.8 Å². The molecule has 0 aliphatic heterocycles. The molecule has 310 valence electrons. The molecule has 0 amide bonds. The minimum atomic E-state index is -3.97. The van der Waals surface area contributed by atoms with Crippen molar-refractivity contribution in [3.05, 3.63) is 155 Å². The molecule has 0 radical (unpaired) electrons. The van der Waals surface area contributed by atoms with Gasteiger partial charge in [0, 0.05) is 0 Å². The molecule has 0 spiro atoms. The van der Waals surface area contributed by atoms with Crippen molar-refractivity contribution in [2.45, 2.75) is 107 Å². The summed E-state index contributed by atoms with van der Waals surface area (Å²) < 4.78 is 6.85. The fourth-order valence-corrected chi connectivity index (χ4v) is 33.0. The predicted molar refractivity (Wildman–Crippen MR) is 267 cm³/mol. The van der Waals surface area contributed by atoms with Gasteiger partial charge in [0.05, 0.1) is 0 Å². The van der Waals surface area contributed by atoms with Gasteiger partial charge in [-0.1, -0.05) is 0 Å². The van der Waals surface area contributed by atoms with E-state index in [1.807, 2.05) is 0 Å². The first-order chi connectivity index (χ1) is 28.1. The number of rotatable bonds is 10. The molecule has 2 atom stereocenters. The monoisotopic (exact) mass is 924 g/mol. The van der Waals surface area contributed by atoms with Crippen molar-refractivity contribution in [3.63, 3.8) is 0 Å². The van der Waals surface area contributed by atoms with Crippen LogP contribution < -0.4 is 0 Å². The largest absolute Gasteiger partial charge is 0.147 e. The molecular formula is C56H64Cl2SiZr. The van der Waals surface area contributed by atoms with Gasteiger partial charge in [-0.05, 0) is 0 Å². The van der Waals surface area contributed by atoms with Gasteiger partial charge in [-0.3, -0.25) is 0 Å². The minimum Gasteiger partial charge on any atom is -0.147 e. The van der Waals surface area contributed by atoms with Gasteiger partial charge in [-0.15, -0.1) is 24.8 Å². The van der Waals surface area contributed by atoms with E-state index in [0.717, 1.165) is 0 Å². The number of hydrogen-bond acceptors (Lipinski definition) is 0. The number of halogens is 2. The second-order valence-corrected chi connectivity index (χ2v) is 50.9. The maximum atomic E-state index is 2.91. The zero-order valence-electron chi connectivity index (χ0n) is 36.4. The minimum absolute atomic E-state index is 0. The Balaban J connectivity index is 0.00000249. The zero-order chi connectivity index (χ0) is 39.7. The summed E-state index contributed by atoms with van der Waals surface area (Å²) in [6, 6.07) is 46.9. The van der Waals surface area contributed by atoms with Crippen molar-refractivity contribution < 1.29 is 17.4 Å². The van der Waals surface area contributed by atoms with Gasteiger partial charge in [0.15, 0.2) is 0 Å². The van der Waals surface area contributed by atoms with Crippen molar-refractivity contribution in [1.82, 2.24) is 0 Å². The van der Waals surface area contributed by atoms with E-state index in [4.69, 9.17) is 0 Å². The molecule has 4 aliphatic carbocycles. The van der Waals surface area contributed by atoms with E-state index in [9.17, 15) is 0 Å². The third-order valence-corrected chi connectivity index (χ3v) is 33.8. The second-order valence-electron chi connectivity index (χ2n) is 20.5. The van der Waals surface area contributed by atoms with Crippen LogP contribution in [0.25, 0.3) is 56.0 Å². The fourth-order valence-electron chi connectivity index (χ4n) is 13.3. The van der Waals surface area contributed by atoms with E-state index in [1.54, 1.807) is 22.3 Å². The maximum absolute atomic E-state index is 3.97. The van der Waals surface area contributed by atoms with Crippen LogP contribution in [0.15, 0.2) is 132 Å². The van der Waals surface area contributed by atoms with Crippen LogP contribution in [0.2, 0.25) is 9.26 Å². The van der Waals surface area contributed by atoms with Gasteiger partial charge in [-0.2, -0.15) is 0 Å². The van der Waals surface area contributed by atoms with Crippen LogP contribution in [0.5, 0.6) is 0 Å². The molecule has 60 heavy (non-hydrogen) atoms. The Kier molecular flexibility index (Phi) is 12.1. The van der Waals surface area contributed by atoms with Gasteiger partial charge in [0.25, 0.3) is 0 Å². The van der Waals surface area contributed by atoms with Gasteiger partial charge in [0.2, 0.25) is 0 Å². The molecule has 6 aromatic rings. The van der Waals surface area contributed by atoms with E-state index < -0.39 is 17.4 Å². The summed E-state index contributed by atoms with van der Waals surface area (Å²) in [7, 11) is 0. The fraction of sp³-hybridized carbons (Fsp3) is 0.357. The van der Waals surface area contributed by atoms with Crippen LogP contribution in [0.3, 0.4) is 0 Å². The summed E-state index contributed by atoms with van der Waals surface area (Å²) in [5.41, 5.74) is 16.3. The summed E-state index contributed by atoms with van der Waals surface area (Å²) in [6.45, 7) is 7.56. The van der Waals surface area contributed by atoms with E-state index in [2.05, 4.69) is 163 Å². The Morgan fingerprint density at radius 3 is 1.27 bits per heavy atom. The number of benzene rings is 6. The first-order valence-electron chi connectivity index (χ1n) is 22.8. The normalized spacial score (nSPS) is 20.3. The van der Waals surface area contributed by atoms with E-state index in [0.29, 0.717) is 18.1 Å². The van der Waals surface area contributed by atoms with E-state index in [1.165, 1.54) is 132 Å². The standard InChI is InChI=1S/2C27H27.2CH3.2ClH.H2Si.Zr/c2*1-2-27(14-5-6-15-27)19-20-16-23-10-7-11-25(26(23)17-20)24-13-12-21-8-3-4-9-22(21)18-24;;;;;;/h2*3-4,7-13,16-18H,2,5-6,14-15,19H2,1H3;2*1H3;2*1H;1H2;. The molecule has 4 heteroatoms. The Labute approximate surface area is 375 Å². The van der Waals surface area contributed by atoms with E-state index >= 15 is 0 Å². The maximum Gasteiger partial charge on any atom is -0.147 e. The average molecular weight is 927 g/mol. The van der Waals surface area contributed by atoms with Gasteiger partial charge >= 0.3 is 353 Å². The number of hydrogen-bond donors (Lipinski definition) is 0. The smallest absolute Gasteiger partial charge is 0.147 e.